The first kappa shape index (κ1) is 16.4. The molecular formula is C23H14F2OS. The zero-order valence-electron chi connectivity index (χ0n) is 14.1. The second-order valence-corrected chi connectivity index (χ2v) is 7.61. The van der Waals surface area contributed by atoms with Gasteiger partial charge in [0.05, 0.1) is 0 Å². The minimum absolute atomic E-state index is 0.290. The minimum Gasteiger partial charge on any atom is -0.384 e. The van der Waals surface area contributed by atoms with Crippen molar-refractivity contribution in [3.8, 4) is 32.0 Å². The van der Waals surface area contributed by atoms with Crippen LogP contribution in [0.1, 0.15) is 17.2 Å². The molecule has 3 aromatic carbocycles. The van der Waals surface area contributed by atoms with Crippen molar-refractivity contribution in [1.82, 2.24) is 0 Å². The van der Waals surface area contributed by atoms with E-state index in [0.29, 0.717) is 16.7 Å². The Morgan fingerprint density at radius 2 is 1.41 bits per heavy atom. The molecule has 0 radical (unpaired) electrons. The van der Waals surface area contributed by atoms with Gasteiger partial charge in [0.2, 0.25) is 0 Å². The van der Waals surface area contributed by atoms with Crippen LogP contribution in [0, 0.1) is 11.6 Å². The Morgan fingerprint density at radius 3 is 2.22 bits per heavy atom. The average molecular weight is 376 g/mol. The van der Waals surface area contributed by atoms with Crippen molar-refractivity contribution in [2.24, 2.45) is 0 Å². The molecule has 4 aromatic rings. The van der Waals surface area contributed by atoms with Crippen LogP contribution in [0.5, 0.6) is 0 Å². The second kappa shape index (κ2) is 6.12. The number of hydrogen-bond acceptors (Lipinski definition) is 2. The largest absolute Gasteiger partial charge is 0.384 e. The number of hydrogen-bond donors (Lipinski definition) is 1. The summed E-state index contributed by atoms with van der Waals surface area (Å²) in [5, 5.41) is 10.9. The van der Waals surface area contributed by atoms with Crippen LogP contribution in [-0.2, 0) is 0 Å². The summed E-state index contributed by atoms with van der Waals surface area (Å²) in [6, 6.07) is 20.6. The van der Waals surface area contributed by atoms with Gasteiger partial charge in [0, 0.05) is 20.9 Å². The van der Waals surface area contributed by atoms with Crippen molar-refractivity contribution in [3.05, 3.63) is 95.6 Å². The van der Waals surface area contributed by atoms with E-state index < -0.39 is 6.10 Å². The van der Waals surface area contributed by atoms with E-state index in [-0.39, 0.29) is 11.6 Å². The fourth-order valence-corrected chi connectivity index (χ4v) is 4.94. The van der Waals surface area contributed by atoms with E-state index >= 15 is 0 Å². The molecule has 5 rings (SSSR count). The lowest BCUT2D eigenvalue weighted by atomic mass is 9.96. The van der Waals surface area contributed by atoms with Gasteiger partial charge in [-0.3, -0.25) is 0 Å². The van der Waals surface area contributed by atoms with Crippen LogP contribution in [0.4, 0.5) is 8.78 Å². The third kappa shape index (κ3) is 2.52. The minimum atomic E-state index is -0.840. The fourth-order valence-electron chi connectivity index (χ4n) is 3.69. The van der Waals surface area contributed by atoms with Crippen LogP contribution in [0.3, 0.4) is 0 Å². The number of rotatable bonds is 1. The molecule has 0 spiro atoms. The quantitative estimate of drug-likeness (QED) is 0.406. The molecule has 0 bridgehead atoms. The highest BCUT2D eigenvalue weighted by atomic mass is 32.1. The van der Waals surface area contributed by atoms with Crippen LogP contribution in [-0.4, -0.2) is 5.11 Å². The van der Waals surface area contributed by atoms with Crippen molar-refractivity contribution in [2.75, 3.05) is 0 Å². The Morgan fingerprint density at radius 1 is 0.704 bits per heavy atom. The van der Waals surface area contributed by atoms with Gasteiger partial charge in [-0.05, 0) is 46.5 Å². The van der Waals surface area contributed by atoms with E-state index in [1.807, 2.05) is 30.3 Å². The molecular weight excluding hydrogens is 362 g/mol. The van der Waals surface area contributed by atoms with Crippen molar-refractivity contribution < 1.29 is 13.9 Å². The topological polar surface area (TPSA) is 20.2 Å². The van der Waals surface area contributed by atoms with Crippen LogP contribution >= 0.6 is 11.3 Å². The lowest BCUT2D eigenvalue weighted by Gasteiger charge is -2.14. The van der Waals surface area contributed by atoms with Crippen LogP contribution in [0.2, 0.25) is 0 Å². The van der Waals surface area contributed by atoms with Gasteiger partial charge < -0.3 is 5.11 Å². The molecule has 0 aliphatic heterocycles. The first-order valence-electron chi connectivity index (χ1n) is 8.59. The molecule has 1 atom stereocenters. The summed E-state index contributed by atoms with van der Waals surface area (Å²) >= 11 is 1.46. The molecule has 1 unspecified atom stereocenters. The molecule has 1 aromatic heterocycles. The highest BCUT2D eigenvalue weighted by molar-refractivity contribution is 7.19. The van der Waals surface area contributed by atoms with Crippen LogP contribution in [0.15, 0.2) is 72.8 Å². The first-order valence-corrected chi connectivity index (χ1v) is 9.41. The number of benzene rings is 3. The monoisotopic (exact) mass is 376 g/mol. The maximum Gasteiger partial charge on any atom is 0.131 e. The van der Waals surface area contributed by atoms with E-state index in [1.165, 1.54) is 29.5 Å². The SMILES string of the molecule is OC1c2ccc(F)cc2-c2cc(-c3ccccc3F)sc2-c2ccccc21. The van der Waals surface area contributed by atoms with E-state index in [0.717, 1.165) is 26.4 Å². The lowest BCUT2D eigenvalue weighted by Crippen LogP contribution is -2.01. The first-order chi connectivity index (χ1) is 13.1. The Bertz CT molecular complexity index is 1180. The Hall–Kier alpha value is -2.82. The third-order valence-corrected chi connectivity index (χ3v) is 6.17. The molecule has 132 valence electrons. The van der Waals surface area contributed by atoms with Gasteiger partial charge in [0.15, 0.2) is 0 Å². The van der Waals surface area contributed by atoms with Gasteiger partial charge in [-0.2, -0.15) is 0 Å². The molecule has 1 aliphatic rings. The average Bonchev–Trinajstić information content (AvgIpc) is 3.09. The number of aliphatic hydroxyl groups is 1. The van der Waals surface area contributed by atoms with Gasteiger partial charge in [-0.15, -0.1) is 11.3 Å². The summed E-state index contributed by atoms with van der Waals surface area (Å²) in [7, 11) is 0. The number of halogens is 2. The molecule has 1 nitrogen and oxygen atoms in total. The summed E-state index contributed by atoms with van der Waals surface area (Å²) in [6.45, 7) is 0. The van der Waals surface area contributed by atoms with Gasteiger partial charge in [0.25, 0.3) is 0 Å². The Labute approximate surface area is 159 Å². The van der Waals surface area contributed by atoms with Gasteiger partial charge in [-0.25, -0.2) is 8.78 Å². The smallest absolute Gasteiger partial charge is 0.131 e. The molecule has 4 heteroatoms. The maximum atomic E-state index is 14.3. The molecule has 0 saturated heterocycles. The predicted octanol–water partition coefficient (Wildman–Crippen LogP) is 6.42. The highest BCUT2D eigenvalue weighted by Gasteiger charge is 2.28. The Balaban J connectivity index is 1.85. The van der Waals surface area contributed by atoms with E-state index in [1.54, 1.807) is 24.3 Å². The van der Waals surface area contributed by atoms with E-state index in [2.05, 4.69) is 0 Å². The molecule has 0 saturated carbocycles. The maximum absolute atomic E-state index is 14.3. The molecule has 0 fully saturated rings. The van der Waals surface area contributed by atoms with Gasteiger partial charge >= 0.3 is 0 Å². The summed E-state index contributed by atoms with van der Waals surface area (Å²) in [6.07, 6.45) is -0.840. The summed E-state index contributed by atoms with van der Waals surface area (Å²) in [4.78, 5) is 1.69. The second-order valence-electron chi connectivity index (χ2n) is 6.55. The zero-order chi connectivity index (χ0) is 18.5. The normalized spacial score (nSPS) is 14.9. The number of thiophene rings is 1. The standard InChI is InChI=1S/C23H14F2OS/c24-13-9-10-15-18(11-13)19-12-21(17-7-3-4-8-20(17)25)27-23(19)16-6-2-1-5-14(16)22(15)26/h1-12,22,26H. The predicted molar refractivity (Wildman–Crippen MR) is 105 cm³/mol. The third-order valence-electron chi connectivity index (χ3n) is 4.97. The zero-order valence-corrected chi connectivity index (χ0v) is 14.9. The van der Waals surface area contributed by atoms with Gasteiger partial charge in [0.1, 0.15) is 17.7 Å². The van der Waals surface area contributed by atoms with Crippen LogP contribution < -0.4 is 0 Å². The molecule has 1 heterocycles. The number of fused-ring (bicyclic) bond motifs is 5. The molecule has 1 aliphatic carbocycles. The van der Waals surface area contributed by atoms with Crippen molar-refractivity contribution in [2.45, 2.75) is 6.10 Å². The highest BCUT2D eigenvalue weighted by Crippen LogP contribution is 2.50. The lowest BCUT2D eigenvalue weighted by molar-refractivity contribution is 0.221. The summed E-state index contributed by atoms with van der Waals surface area (Å²) < 4.78 is 28.4. The molecule has 1 N–H and O–H groups in total. The van der Waals surface area contributed by atoms with E-state index in [9.17, 15) is 13.9 Å². The van der Waals surface area contributed by atoms with Crippen molar-refractivity contribution >= 4 is 11.3 Å². The van der Waals surface area contributed by atoms with Gasteiger partial charge in [-0.1, -0.05) is 48.5 Å². The number of aliphatic hydroxyl groups excluding tert-OH is 1. The van der Waals surface area contributed by atoms with Crippen molar-refractivity contribution in [3.63, 3.8) is 0 Å². The van der Waals surface area contributed by atoms with E-state index in [4.69, 9.17) is 0 Å². The summed E-state index contributed by atoms with van der Waals surface area (Å²) in [5.74, 6) is -0.654. The molecule has 0 amide bonds. The van der Waals surface area contributed by atoms with Crippen LogP contribution in [0.25, 0.3) is 32.0 Å². The van der Waals surface area contributed by atoms with Crippen molar-refractivity contribution in [1.29, 1.82) is 0 Å². The fraction of sp³-hybridized carbons (Fsp3) is 0.0435. The summed E-state index contributed by atoms with van der Waals surface area (Å²) in [5.41, 5.74) is 4.30. The molecule has 27 heavy (non-hydrogen) atoms. The Kier molecular flexibility index (Phi) is 3.71.